The van der Waals surface area contributed by atoms with Crippen LogP contribution in [0.25, 0.3) is 0 Å². The molecule has 6 nitrogen and oxygen atoms in total. The van der Waals surface area contributed by atoms with Gasteiger partial charge in [0.25, 0.3) is 11.8 Å². The summed E-state index contributed by atoms with van der Waals surface area (Å²) in [5.41, 5.74) is 3.81. The summed E-state index contributed by atoms with van der Waals surface area (Å²) in [5, 5.41) is 2.75. The predicted molar refractivity (Wildman–Crippen MR) is 98.5 cm³/mol. The number of methoxy groups -OCH3 is 1. The van der Waals surface area contributed by atoms with Crippen molar-refractivity contribution in [2.45, 2.75) is 26.5 Å². The van der Waals surface area contributed by atoms with E-state index in [0.717, 1.165) is 5.56 Å². The first-order chi connectivity index (χ1) is 12.5. The summed E-state index contributed by atoms with van der Waals surface area (Å²) in [6, 6.07) is 15.5. The van der Waals surface area contributed by atoms with Crippen LogP contribution >= 0.6 is 0 Å². The summed E-state index contributed by atoms with van der Waals surface area (Å²) in [4.78, 5) is 30.0. The molecule has 0 aromatic heterocycles. The number of benzene rings is 2. The SMILES string of the molecule is COc1ccc(C(=O)N[C@H](C(=O)NOCc2ccccc2)C(C)C)cc1. The molecule has 2 rings (SSSR count). The fraction of sp³-hybridized carbons (Fsp3) is 0.300. The quantitative estimate of drug-likeness (QED) is 0.713. The van der Waals surface area contributed by atoms with Gasteiger partial charge in [-0.15, -0.1) is 0 Å². The fourth-order valence-electron chi connectivity index (χ4n) is 2.33. The van der Waals surface area contributed by atoms with Gasteiger partial charge in [-0.05, 0) is 35.7 Å². The number of ether oxygens (including phenoxy) is 1. The zero-order chi connectivity index (χ0) is 18.9. The Morgan fingerprint density at radius 1 is 1.00 bits per heavy atom. The lowest BCUT2D eigenvalue weighted by molar-refractivity contribution is -0.137. The summed E-state index contributed by atoms with van der Waals surface area (Å²) >= 11 is 0. The van der Waals surface area contributed by atoms with E-state index in [2.05, 4.69) is 10.8 Å². The molecule has 0 spiro atoms. The lowest BCUT2D eigenvalue weighted by Gasteiger charge is -2.21. The molecule has 2 amide bonds. The Hall–Kier alpha value is -2.86. The highest BCUT2D eigenvalue weighted by Crippen LogP contribution is 2.12. The van der Waals surface area contributed by atoms with Gasteiger partial charge in [0.05, 0.1) is 13.7 Å². The molecule has 2 N–H and O–H groups in total. The second kappa shape index (κ2) is 9.58. The van der Waals surface area contributed by atoms with E-state index >= 15 is 0 Å². The van der Waals surface area contributed by atoms with Gasteiger partial charge in [0.1, 0.15) is 11.8 Å². The van der Waals surface area contributed by atoms with Crippen LogP contribution in [0.3, 0.4) is 0 Å². The Morgan fingerprint density at radius 2 is 1.65 bits per heavy atom. The summed E-state index contributed by atoms with van der Waals surface area (Å²) < 4.78 is 5.07. The van der Waals surface area contributed by atoms with Crippen LogP contribution < -0.4 is 15.5 Å². The van der Waals surface area contributed by atoms with Gasteiger partial charge in [-0.1, -0.05) is 44.2 Å². The highest BCUT2D eigenvalue weighted by molar-refractivity contribution is 5.97. The number of hydrogen-bond donors (Lipinski definition) is 2. The minimum absolute atomic E-state index is 0.0995. The molecule has 138 valence electrons. The average Bonchev–Trinajstić information content (AvgIpc) is 2.66. The Morgan fingerprint density at radius 3 is 2.23 bits per heavy atom. The van der Waals surface area contributed by atoms with Gasteiger partial charge in [0.15, 0.2) is 0 Å². The number of hydroxylamine groups is 1. The molecule has 0 heterocycles. The van der Waals surface area contributed by atoms with Gasteiger partial charge in [-0.25, -0.2) is 5.48 Å². The summed E-state index contributed by atoms with van der Waals surface area (Å²) in [6.07, 6.45) is 0. The van der Waals surface area contributed by atoms with Crippen molar-refractivity contribution in [3.63, 3.8) is 0 Å². The van der Waals surface area contributed by atoms with E-state index in [1.807, 2.05) is 44.2 Å². The summed E-state index contributed by atoms with van der Waals surface area (Å²) in [6.45, 7) is 3.97. The lowest BCUT2D eigenvalue weighted by atomic mass is 10.0. The maximum absolute atomic E-state index is 12.4. The van der Waals surface area contributed by atoms with Gasteiger partial charge in [-0.3, -0.25) is 14.4 Å². The molecule has 0 aliphatic heterocycles. The van der Waals surface area contributed by atoms with Crippen molar-refractivity contribution in [3.8, 4) is 5.75 Å². The number of nitrogens with one attached hydrogen (secondary N) is 2. The smallest absolute Gasteiger partial charge is 0.266 e. The first-order valence-corrected chi connectivity index (χ1v) is 8.41. The molecule has 2 aromatic carbocycles. The third-order valence-electron chi connectivity index (χ3n) is 3.84. The van der Waals surface area contributed by atoms with Gasteiger partial charge in [0, 0.05) is 5.56 Å². The molecule has 0 fully saturated rings. The van der Waals surface area contributed by atoms with Gasteiger partial charge >= 0.3 is 0 Å². The topological polar surface area (TPSA) is 76.7 Å². The average molecular weight is 356 g/mol. The molecule has 26 heavy (non-hydrogen) atoms. The highest BCUT2D eigenvalue weighted by atomic mass is 16.6. The standard InChI is InChI=1S/C20H24N2O4/c1-14(2)18(20(24)22-26-13-15-7-5-4-6-8-15)21-19(23)16-9-11-17(25-3)12-10-16/h4-12,14,18H,13H2,1-3H3,(H,21,23)(H,22,24)/t18-/m0/s1. The molecule has 0 unspecified atom stereocenters. The van der Waals surface area contributed by atoms with Crippen LogP contribution in [0, 0.1) is 5.92 Å². The molecule has 0 aliphatic carbocycles. The third-order valence-corrected chi connectivity index (χ3v) is 3.84. The highest BCUT2D eigenvalue weighted by Gasteiger charge is 2.25. The van der Waals surface area contributed by atoms with Crippen LogP contribution in [-0.4, -0.2) is 25.0 Å². The first kappa shape index (κ1) is 19.5. The van der Waals surface area contributed by atoms with E-state index in [9.17, 15) is 9.59 Å². The van der Waals surface area contributed by atoms with E-state index in [1.54, 1.807) is 31.4 Å². The molecule has 0 radical (unpaired) electrons. The molecule has 0 bridgehead atoms. The van der Waals surface area contributed by atoms with Crippen molar-refractivity contribution < 1.29 is 19.2 Å². The minimum atomic E-state index is -0.708. The van der Waals surface area contributed by atoms with Gasteiger partial charge < -0.3 is 10.1 Å². The van der Waals surface area contributed by atoms with Crippen molar-refractivity contribution in [3.05, 3.63) is 65.7 Å². The molecule has 0 aliphatic rings. The van der Waals surface area contributed by atoms with Crippen LogP contribution in [0.1, 0.15) is 29.8 Å². The zero-order valence-electron chi connectivity index (χ0n) is 15.2. The number of carbonyl (C=O) groups is 2. The molecule has 1 atom stereocenters. The van der Waals surface area contributed by atoms with Crippen molar-refractivity contribution in [1.29, 1.82) is 0 Å². The Labute approximate surface area is 153 Å². The Bertz CT molecular complexity index is 714. The van der Waals surface area contributed by atoms with E-state index in [1.165, 1.54) is 0 Å². The maximum atomic E-state index is 12.4. The Balaban J connectivity index is 1.91. The minimum Gasteiger partial charge on any atom is -0.497 e. The molecule has 0 saturated heterocycles. The maximum Gasteiger partial charge on any atom is 0.266 e. The van der Waals surface area contributed by atoms with Crippen molar-refractivity contribution >= 4 is 11.8 Å². The fourth-order valence-corrected chi connectivity index (χ4v) is 2.33. The van der Waals surface area contributed by atoms with Crippen LogP contribution in [0.4, 0.5) is 0 Å². The van der Waals surface area contributed by atoms with Gasteiger partial charge in [0.2, 0.25) is 0 Å². The van der Waals surface area contributed by atoms with Crippen molar-refractivity contribution in [2.75, 3.05) is 7.11 Å². The molecule has 2 aromatic rings. The van der Waals surface area contributed by atoms with Crippen LogP contribution in [-0.2, 0) is 16.2 Å². The number of amides is 2. The van der Waals surface area contributed by atoms with E-state index in [-0.39, 0.29) is 18.4 Å². The molecule has 0 saturated carbocycles. The number of hydrogen-bond acceptors (Lipinski definition) is 4. The van der Waals surface area contributed by atoms with E-state index in [4.69, 9.17) is 9.57 Å². The Kier molecular flexibility index (Phi) is 7.17. The van der Waals surface area contributed by atoms with Gasteiger partial charge in [-0.2, -0.15) is 0 Å². The van der Waals surface area contributed by atoms with Crippen LogP contribution in [0.5, 0.6) is 5.75 Å². The van der Waals surface area contributed by atoms with Crippen LogP contribution in [0.15, 0.2) is 54.6 Å². The van der Waals surface area contributed by atoms with E-state index < -0.39 is 11.9 Å². The van der Waals surface area contributed by atoms with Crippen molar-refractivity contribution in [2.24, 2.45) is 5.92 Å². The lowest BCUT2D eigenvalue weighted by Crippen LogP contribution is -2.49. The predicted octanol–water partition coefficient (Wildman–Crippen LogP) is 2.70. The monoisotopic (exact) mass is 356 g/mol. The molecular weight excluding hydrogens is 332 g/mol. The third kappa shape index (κ3) is 5.60. The largest absolute Gasteiger partial charge is 0.497 e. The van der Waals surface area contributed by atoms with Crippen molar-refractivity contribution in [1.82, 2.24) is 10.8 Å². The van der Waals surface area contributed by atoms with Crippen LogP contribution in [0.2, 0.25) is 0 Å². The second-order valence-electron chi connectivity index (χ2n) is 6.16. The zero-order valence-corrected chi connectivity index (χ0v) is 15.2. The number of carbonyl (C=O) groups excluding carboxylic acids is 2. The normalized spacial score (nSPS) is 11.7. The first-order valence-electron chi connectivity index (χ1n) is 8.41. The number of rotatable bonds is 8. The van der Waals surface area contributed by atoms with E-state index in [0.29, 0.717) is 11.3 Å². The molecule has 6 heteroatoms. The summed E-state index contributed by atoms with van der Waals surface area (Å²) in [5.74, 6) is -0.158. The summed E-state index contributed by atoms with van der Waals surface area (Å²) in [7, 11) is 1.56. The second-order valence-corrected chi connectivity index (χ2v) is 6.16. The molecular formula is C20H24N2O4.